The van der Waals surface area contributed by atoms with Crippen LogP contribution in [0.3, 0.4) is 0 Å². The molecule has 0 saturated heterocycles. The van der Waals surface area contributed by atoms with Crippen molar-refractivity contribution in [1.82, 2.24) is 4.57 Å². The summed E-state index contributed by atoms with van der Waals surface area (Å²) in [6.07, 6.45) is 0. The normalized spacial score (nSPS) is 12.8. The summed E-state index contributed by atoms with van der Waals surface area (Å²) in [4.78, 5) is 4.26. The molecule has 86 heavy (non-hydrogen) atoms. The van der Waals surface area contributed by atoms with Gasteiger partial charge in [-0.3, -0.25) is 0 Å². The number of aromatic nitrogens is 1. The molecule has 18 rings (SSSR count). The lowest BCUT2D eigenvalue weighted by Crippen LogP contribution is -2.33. The highest BCUT2D eigenvalue weighted by Crippen LogP contribution is 2.64. The van der Waals surface area contributed by atoms with Crippen LogP contribution >= 0.6 is 0 Å². The van der Waals surface area contributed by atoms with Gasteiger partial charge in [0.05, 0.1) is 44.6 Å². The van der Waals surface area contributed by atoms with Crippen molar-refractivity contribution >= 4 is 121 Å². The number of rotatable bonds is 6. The second-order valence-electron chi connectivity index (χ2n) is 22.3. The largest absolute Gasteiger partial charge is 0.452 e. The summed E-state index contributed by atoms with van der Waals surface area (Å²) in [7, 11) is 0. The van der Waals surface area contributed by atoms with Crippen LogP contribution in [0.1, 0.15) is 33.4 Å². The number of nitriles is 2. The lowest BCUT2D eigenvalue weighted by atomic mass is 9.65. The van der Waals surface area contributed by atoms with Gasteiger partial charge in [0.15, 0.2) is 22.3 Å². The van der Waals surface area contributed by atoms with Gasteiger partial charge in [-0.2, -0.15) is 10.5 Å². The first-order valence-corrected chi connectivity index (χ1v) is 28.5. The molecule has 400 valence electrons. The molecule has 7 nitrogen and oxygen atoms in total. The van der Waals surface area contributed by atoms with Crippen LogP contribution in [0.25, 0.3) is 104 Å². The smallest absolute Gasteiger partial charge is 0.159 e. The maximum atomic E-state index is 15.4. The Kier molecular flexibility index (Phi) is 9.80. The molecule has 1 spiro atoms. The molecule has 9 heteroatoms. The van der Waals surface area contributed by atoms with Gasteiger partial charge in [0.1, 0.15) is 23.8 Å². The van der Waals surface area contributed by atoms with E-state index in [0.29, 0.717) is 56.2 Å². The van der Waals surface area contributed by atoms with E-state index < -0.39 is 5.41 Å². The first-order valence-electron chi connectivity index (χ1n) is 28.5. The Balaban J connectivity index is 1.01. The fraction of sp³-hybridized carbons (Fsp3) is 0.0130. The Bertz CT molecular complexity index is 5660. The molecule has 1 aliphatic heterocycles. The van der Waals surface area contributed by atoms with Gasteiger partial charge in [-0.25, -0.2) is 8.78 Å². The van der Waals surface area contributed by atoms with Gasteiger partial charge in [0, 0.05) is 55.1 Å². The van der Waals surface area contributed by atoms with Gasteiger partial charge in [0.25, 0.3) is 0 Å². The van der Waals surface area contributed by atoms with Crippen molar-refractivity contribution in [2.24, 2.45) is 0 Å². The lowest BCUT2D eigenvalue weighted by molar-refractivity contribution is 0.627. The first kappa shape index (κ1) is 47.8. The van der Waals surface area contributed by atoms with Gasteiger partial charge < -0.3 is 23.2 Å². The molecule has 4 heterocycles. The zero-order chi connectivity index (χ0) is 57.1. The summed E-state index contributed by atoms with van der Waals surface area (Å²) < 4.78 is 46.6. The Morgan fingerprint density at radius 1 is 0.360 bits per heavy atom. The summed E-state index contributed by atoms with van der Waals surface area (Å²) >= 11 is 0. The van der Waals surface area contributed by atoms with E-state index in [0.717, 1.165) is 104 Å². The molecule has 0 atom stereocenters. The van der Waals surface area contributed by atoms with Crippen LogP contribution in [-0.4, -0.2) is 4.57 Å². The Labute approximate surface area is 489 Å². The number of hydrogen-bond acceptors (Lipinski definition) is 6. The summed E-state index contributed by atoms with van der Waals surface area (Å²) in [6, 6.07) is 87.5. The van der Waals surface area contributed by atoms with E-state index in [-0.39, 0.29) is 11.6 Å². The minimum Gasteiger partial charge on any atom is -0.452 e. The fourth-order valence-electron chi connectivity index (χ4n) is 14.7. The summed E-state index contributed by atoms with van der Waals surface area (Å²) in [6.45, 7) is 0. The zero-order valence-corrected chi connectivity index (χ0v) is 45.5. The third kappa shape index (κ3) is 6.35. The quantitative estimate of drug-likeness (QED) is 0.165. The molecule has 0 saturated carbocycles. The summed E-state index contributed by atoms with van der Waals surface area (Å²) in [5.74, 6) is -0.747. The highest BCUT2D eigenvalue weighted by Gasteiger charge is 2.52. The number of fused-ring (bicyclic) bond motifs is 22. The Morgan fingerprint density at radius 2 is 0.826 bits per heavy atom. The second kappa shape index (κ2) is 17.6. The molecule has 13 aromatic carbocycles. The monoisotopic (exact) mass is 1110 g/mol. The van der Waals surface area contributed by atoms with Gasteiger partial charge in [-0.1, -0.05) is 140 Å². The molecule has 0 amide bonds. The third-order valence-corrected chi connectivity index (χ3v) is 18.1. The molecular weight excluding hydrogens is 1060 g/mol. The van der Waals surface area contributed by atoms with E-state index in [2.05, 4.69) is 154 Å². The maximum Gasteiger partial charge on any atom is 0.159 e. The van der Waals surface area contributed by atoms with Crippen molar-refractivity contribution in [3.8, 4) is 29.0 Å². The molecule has 3 aromatic heterocycles. The lowest BCUT2D eigenvalue weighted by Gasteiger charge is -2.40. The van der Waals surface area contributed by atoms with Gasteiger partial charge in [-0.05, 0) is 164 Å². The highest BCUT2D eigenvalue weighted by atomic mass is 19.1. The first-order chi connectivity index (χ1) is 42.4. The van der Waals surface area contributed by atoms with E-state index in [1.54, 1.807) is 36.4 Å². The van der Waals surface area contributed by atoms with Crippen LogP contribution < -0.4 is 9.80 Å². The topological polar surface area (TPSA) is 85.3 Å². The van der Waals surface area contributed by atoms with Crippen molar-refractivity contribution in [3.05, 3.63) is 294 Å². The number of nitrogens with zero attached hydrogens (tertiary/aromatic N) is 5. The molecular formula is C77H41F2N5O2. The predicted molar refractivity (Wildman–Crippen MR) is 340 cm³/mol. The number of hydrogen-bond donors (Lipinski definition) is 0. The van der Waals surface area contributed by atoms with Crippen molar-refractivity contribution in [2.45, 2.75) is 5.41 Å². The van der Waals surface area contributed by atoms with E-state index in [9.17, 15) is 10.5 Å². The van der Waals surface area contributed by atoms with E-state index >= 15 is 8.78 Å². The molecule has 0 radical (unpaired) electrons. The van der Waals surface area contributed by atoms with Crippen LogP contribution in [0.5, 0.6) is 0 Å². The summed E-state index contributed by atoms with van der Waals surface area (Å²) in [5, 5.41) is 30.4. The number of para-hydroxylation sites is 5. The molecule has 0 bridgehead atoms. The van der Waals surface area contributed by atoms with Crippen molar-refractivity contribution in [1.29, 1.82) is 10.5 Å². The van der Waals surface area contributed by atoms with Gasteiger partial charge >= 0.3 is 0 Å². The van der Waals surface area contributed by atoms with Gasteiger partial charge in [0.2, 0.25) is 0 Å². The fourth-order valence-corrected chi connectivity index (χ4v) is 14.7. The summed E-state index contributed by atoms with van der Waals surface area (Å²) in [5.41, 5.74) is 16.2. The molecule has 1 aliphatic carbocycles. The second-order valence-corrected chi connectivity index (χ2v) is 22.3. The Hall–Kier alpha value is -11.8. The molecule has 0 unspecified atom stereocenters. The van der Waals surface area contributed by atoms with Crippen LogP contribution in [0.2, 0.25) is 0 Å². The van der Waals surface area contributed by atoms with E-state index in [4.69, 9.17) is 8.83 Å². The van der Waals surface area contributed by atoms with Crippen molar-refractivity contribution in [3.63, 3.8) is 0 Å². The molecule has 16 aromatic rings. The predicted octanol–water partition coefficient (Wildman–Crippen LogP) is 20.5. The van der Waals surface area contributed by atoms with Gasteiger partial charge in [-0.15, -0.1) is 0 Å². The molecule has 0 fully saturated rings. The number of anilines is 6. The van der Waals surface area contributed by atoms with Crippen molar-refractivity contribution < 1.29 is 17.6 Å². The zero-order valence-electron chi connectivity index (χ0n) is 45.5. The average molecular weight is 1110 g/mol. The Morgan fingerprint density at radius 3 is 1.38 bits per heavy atom. The third-order valence-electron chi connectivity index (χ3n) is 18.1. The van der Waals surface area contributed by atoms with Crippen LogP contribution in [0.4, 0.5) is 42.9 Å². The standard InChI is InChI=1S/C77H41F2N5O2/c78-48-27-31-50(32-28-48)82(68-23-9-19-58-56-17-7-13-46(42-80)73(56)85-75(58)68)52-35-38-66-60(39-52)61-40-53(83(51-33-29-49(79)30-34-51)69-24-10-20-59-57-18-8-14-47(43-81)74(57)86-76(59)69)41-65-72(61)84(66)67-22-6-5-21-62(67)77(65)63-36-25-44-11-1-3-15-54(44)70(63)71-55-16-4-2-12-45(55)26-37-64(71)77/h1-41H. The molecule has 2 aliphatic rings. The SMILES string of the molecule is N#Cc1cccc2c1oc1c(N(c3ccc(F)cc3)c3ccc4c(c3)c3cc(N(c5ccc(F)cc5)c5cccc6c5oc5c(C#N)cccc56)cc5c3n4-c3ccccc3C53c4ccc5ccccc5c4-c4c3ccc3ccccc43)cccc12. The number of benzene rings is 13. The average Bonchev–Trinajstić information content (AvgIpc) is 1.48. The van der Waals surface area contributed by atoms with E-state index in [1.807, 2.05) is 60.7 Å². The molecule has 0 N–H and O–H groups in total. The minimum atomic E-state index is -0.919. The minimum absolute atomic E-state index is 0.371. The number of halogens is 2. The maximum absolute atomic E-state index is 15.4. The van der Waals surface area contributed by atoms with Crippen LogP contribution in [0, 0.1) is 34.3 Å². The highest BCUT2D eigenvalue weighted by molar-refractivity contribution is 6.20. The van der Waals surface area contributed by atoms with E-state index in [1.165, 1.54) is 35.4 Å². The van der Waals surface area contributed by atoms with Crippen LogP contribution in [0.15, 0.2) is 258 Å². The van der Waals surface area contributed by atoms with Crippen LogP contribution in [-0.2, 0) is 5.41 Å². The van der Waals surface area contributed by atoms with Crippen molar-refractivity contribution in [2.75, 3.05) is 9.80 Å². The number of furan rings is 2.